The number of rotatable bonds is 4. The van der Waals surface area contributed by atoms with Crippen molar-refractivity contribution in [2.75, 3.05) is 5.32 Å². The Bertz CT molecular complexity index is 1100. The van der Waals surface area contributed by atoms with Crippen LogP contribution in [0, 0.1) is 0 Å². The zero-order chi connectivity index (χ0) is 19.0. The molecule has 27 heavy (non-hydrogen) atoms. The van der Waals surface area contributed by atoms with Gasteiger partial charge in [0.15, 0.2) is 5.13 Å². The van der Waals surface area contributed by atoms with Gasteiger partial charge >= 0.3 is 6.18 Å². The van der Waals surface area contributed by atoms with Gasteiger partial charge in [-0.2, -0.15) is 18.3 Å². The van der Waals surface area contributed by atoms with Crippen LogP contribution in [-0.4, -0.2) is 19.7 Å². The van der Waals surface area contributed by atoms with Gasteiger partial charge in [-0.15, -0.1) is 0 Å². The molecule has 4 rings (SSSR count). The summed E-state index contributed by atoms with van der Waals surface area (Å²) in [7, 11) is 0. The van der Waals surface area contributed by atoms with Gasteiger partial charge in [0.05, 0.1) is 27.7 Å². The Morgan fingerprint density at radius 3 is 2.70 bits per heavy atom. The average molecular weight is 389 g/mol. The van der Waals surface area contributed by atoms with Gasteiger partial charge in [-0.1, -0.05) is 17.4 Å². The van der Waals surface area contributed by atoms with Crippen LogP contribution >= 0.6 is 11.3 Å². The molecule has 9 heteroatoms. The second-order valence-corrected chi connectivity index (χ2v) is 6.90. The van der Waals surface area contributed by atoms with Crippen molar-refractivity contribution >= 4 is 32.4 Å². The van der Waals surface area contributed by atoms with E-state index in [1.807, 2.05) is 19.2 Å². The molecular weight excluding hydrogens is 375 g/mol. The molecular formula is C18H14F3N5S. The van der Waals surface area contributed by atoms with E-state index in [0.717, 1.165) is 34.7 Å². The molecule has 0 aliphatic carbocycles. The third kappa shape index (κ3) is 3.63. The summed E-state index contributed by atoms with van der Waals surface area (Å²) < 4.78 is 41.4. The van der Waals surface area contributed by atoms with Crippen LogP contribution < -0.4 is 5.32 Å². The average Bonchev–Trinajstić information content (AvgIpc) is 3.26. The fourth-order valence-electron chi connectivity index (χ4n) is 2.64. The van der Waals surface area contributed by atoms with Gasteiger partial charge in [0, 0.05) is 30.7 Å². The largest absolute Gasteiger partial charge is 0.417 e. The molecule has 0 spiro atoms. The van der Waals surface area contributed by atoms with Crippen LogP contribution in [0.3, 0.4) is 0 Å². The SMILES string of the molecule is CCn1cc(Nc2nc3ccc(-c4cncc(C(F)(F)F)c4)cc3s2)cn1. The van der Waals surface area contributed by atoms with Gasteiger partial charge < -0.3 is 5.32 Å². The van der Waals surface area contributed by atoms with Crippen molar-refractivity contribution in [3.63, 3.8) is 0 Å². The van der Waals surface area contributed by atoms with Crippen LogP contribution in [0.4, 0.5) is 24.0 Å². The van der Waals surface area contributed by atoms with Crippen LogP contribution in [0.2, 0.25) is 0 Å². The van der Waals surface area contributed by atoms with Crippen molar-refractivity contribution in [3.05, 3.63) is 54.6 Å². The predicted octanol–water partition coefficient (Wildman–Crippen LogP) is 5.34. The van der Waals surface area contributed by atoms with E-state index in [-0.39, 0.29) is 0 Å². The standard InChI is InChI=1S/C18H14F3N5S/c1-2-26-10-14(9-23-26)24-17-25-15-4-3-11(6-16(15)27-17)12-5-13(8-22-7-12)18(19,20)21/h3-10H,2H2,1H3,(H,24,25). The maximum absolute atomic E-state index is 12.9. The Hall–Kier alpha value is -2.94. The van der Waals surface area contributed by atoms with Gasteiger partial charge in [-0.25, -0.2) is 4.98 Å². The van der Waals surface area contributed by atoms with Crippen LogP contribution in [0.5, 0.6) is 0 Å². The number of aryl methyl sites for hydroxylation is 1. The normalized spacial score (nSPS) is 11.9. The van der Waals surface area contributed by atoms with E-state index in [0.29, 0.717) is 16.3 Å². The highest BCUT2D eigenvalue weighted by Gasteiger charge is 2.31. The van der Waals surface area contributed by atoms with Crippen molar-refractivity contribution < 1.29 is 13.2 Å². The molecule has 5 nitrogen and oxygen atoms in total. The predicted molar refractivity (Wildman–Crippen MR) is 99.0 cm³/mol. The number of fused-ring (bicyclic) bond motifs is 1. The van der Waals surface area contributed by atoms with Crippen molar-refractivity contribution in [1.82, 2.24) is 19.7 Å². The topological polar surface area (TPSA) is 55.6 Å². The second-order valence-electron chi connectivity index (χ2n) is 5.87. The Labute approximate surface area is 156 Å². The summed E-state index contributed by atoms with van der Waals surface area (Å²) in [5.41, 5.74) is 1.92. The molecule has 0 unspecified atom stereocenters. The molecule has 3 aromatic heterocycles. The Morgan fingerprint density at radius 1 is 1.11 bits per heavy atom. The monoisotopic (exact) mass is 389 g/mol. The van der Waals surface area contributed by atoms with Crippen LogP contribution in [-0.2, 0) is 12.7 Å². The van der Waals surface area contributed by atoms with Gasteiger partial charge in [0.2, 0.25) is 0 Å². The number of alkyl halides is 3. The molecule has 0 bridgehead atoms. The van der Waals surface area contributed by atoms with E-state index >= 15 is 0 Å². The van der Waals surface area contributed by atoms with Gasteiger partial charge in [0.25, 0.3) is 0 Å². The molecule has 138 valence electrons. The molecule has 4 aromatic rings. The number of halogens is 3. The van der Waals surface area contributed by atoms with Crippen LogP contribution in [0.15, 0.2) is 49.1 Å². The lowest BCUT2D eigenvalue weighted by Crippen LogP contribution is -2.05. The van der Waals surface area contributed by atoms with Crippen molar-refractivity contribution in [2.24, 2.45) is 0 Å². The van der Waals surface area contributed by atoms with E-state index in [9.17, 15) is 13.2 Å². The lowest BCUT2D eigenvalue weighted by Gasteiger charge is -2.08. The number of hydrogen-bond acceptors (Lipinski definition) is 5. The van der Waals surface area contributed by atoms with Gasteiger partial charge in [-0.05, 0) is 30.7 Å². The quantitative estimate of drug-likeness (QED) is 0.512. The molecule has 0 aliphatic heterocycles. The molecule has 0 fully saturated rings. The Morgan fingerprint density at radius 2 is 1.96 bits per heavy atom. The molecule has 1 N–H and O–H groups in total. The van der Waals surface area contributed by atoms with E-state index in [1.165, 1.54) is 17.5 Å². The second kappa shape index (κ2) is 6.66. The summed E-state index contributed by atoms with van der Waals surface area (Å²) in [5.74, 6) is 0. The summed E-state index contributed by atoms with van der Waals surface area (Å²) in [6.45, 7) is 2.77. The van der Waals surface area contributed by atoms with Gasteiger partial charge in [0.1, 0.15) is 0 Å². The van der Waals surface area contributed by atoms with E-state index in [4.69, 9.17) is 0 Å². The minimum atomic E-state index is -4.42. The zero-order valence-electron chi connectivity index (χ0n) is 14.2. The molecule has 3 heterocycles. The lowest BCUT2D eigenvalue weighted by molar-refractivity contribution is -0.137. The van der Waals surface area contributed by atoms with Crippen LogP contribution in [0.25, 0.3) is 21.3 Å². The van der Waals surface area contributed by atoms with E-state index < -0.39 is 11.7 Å². The third-order valence-electron chi connectivity index (χ3n) is 4.00. The van der Waals surface area contributed by atoms with E-state index in [2.05, 4.69) is 20.4 Å². The molecule has 0 amide bonds. The molecule has 1 aromatic carbocycles. The summed E-state index contributed by atoms with van der Waals surface area (Å²) in [6.07, 6.45) is 1.43. The maximum Gasteiger partial charge on any atom is 0.417 e. The lowest BCUT2D eigenvalue weighted by atomic mass is 10.1. The van der Waals surface area contributed by atoms with Crippen molar-refractivity contribution in [1.29, 1.82) is 0 Å². The fraction of sp³-hybridized carbons (Fsp3) is 0.167. The number of anilines is 2. The smallest absolute Gasteiger partial charge is 0.329 e. The Kier molecular flexibility index (Phi) is 4.31. The molecule has 0 radical (unpaired) electrons. The van der Waals surface area contributed by atoms with Crippen molar-refractivity contribution in [3.8, 4) is 11.1 Å². The van der Waals surface area contributed by atoms with Gasteiger partial charge in [-0.3, -0.25) is 9.67 Å². The van der Waals surface area contributed by atoms with E-state index in [1.54, 1.807) is 23.0 Å². The zero-order valence-corrected chi connectivity index (χ0v) is 15.0. The molecule has 0 saturated heterocycles. The number of nitrogens with one attached hydrogen (secondary N) is 1. The number of aromatic nitrogens is 4. The number of hydrogen-bond donors (Lipinski definition) is 1. The molecule has 0 aliphatic rings. The first-order valence-corrected chi connectivity index (χ1v) is 8.97. The summed E-state index contributed by atoms with van der Waals surface area (Å²) in [4.78, 5) is 8.23. The highest BCUT2D eigenvalue weighted by molar-refractivity contribution is 7.22. The number of benzene rings is 1. The maximum atomic E-state index is 12.9. The number of nitrogens with zero attached hydrogens (tertiary/aromatic N) is 4. The number of pyridine rings is 1. The first-order valence-electron chi connectivity index (χ1n) is 8.15. The summed E-state index contributed by atoms with van der Waals surface area (Å²) in [5, 5.41) is 8.09. The summed E-state index contributed by atoms with van der Waals surface area (Å²) >= 11 is 1.43. The fourth-order valence-corrected chi connectivity index (χ4v) is 3.56. The highest BCUT2D eigenvalue weighted by atomic mass is 32.1. The molecule has 0 saturated carbocycles. The third-order valence-corrected chi connectivity index (χ3v) is 4.93. The summed E-state index contributed by atoms with van der Waals surface area (Å²) in [6, 6.07) is 6.47. The Balaban J connectivity index is 1.65. The highest BCUT2D eigenvalue weighted by Crippen LogP contribution is 2.34. The first-order chi connectivity index (χ1) is 12.9. The van der Waals surface area contributed by atoms with Crippen LogP contribution in [0.1, 0.15) is 12.5 Å². The number of thiazole rings is 1. The van der Waals surface area contributed by atoms with Crippen molar-refractivity contribution in [2.45, 2.75) is 19.6 Å². The molecule has 0 atom stereocenters. The minimum absolute atomic E-state index is 0.416. The minimum Gasteiger partial charge on any atom is -0.329 e. The first kappa shape index (κ1) is 17.5.